The van der Waals surface area contributed by atoms with Gasteiger partial charge in [-0.2, -0.15) is 0 Å². The van der Waals surface area contributed by atoms with Crippen molar-refractivity contribution >= 4 is 29.1 Å². The first-order valence-corrected chi connectivity index (χ1v) is 10.5. The van der Waals surface area contributed by atoms with Crippen molar-refractivity contribution in [2.75, 3.05) is 19.5 Å². The van der Waals surface area contributed by atoms with Gasteiger partial charge < -0.3 is 9.47 Å². The van der Waals surface area contributed by atoms with E-state index in [0.717, 1.165) is 28.6 Å². The van der Waals surface area contributed by atoms with Crippen LogP contribution in [0.2, 0.25) is 0 Å². The molecule has 6 nitrogen and oxygen atoms in total. The Kier molecular flexibility index (Phi) is 6.89. The van der Waals surface area contributed by atoms with Gasteiger partial charge in [-0.05, 0) is 30.0 Å². The number of carbonyl (C=O) groups excluding carboxylic acids is 1. The normalized spacial score (nSPS) is 10.7. The molecule has 0 spiro atoms. The molecule has 2 aromatic heterocycles. The Hall–Kier alpha value is -2.32. The average Bonchev–Trinajstić information content (AvgIpc) is 3.36. The SMILES string of the molecule is CCCOC(=O)CCSc1nnc(-c2cccs2)n1-c1ccccc1OC. The van der Waals surface area contributed by atoms with Gasteiger partial charge in [-0.25, -0.2) is 0 Å². The highest BCUT2D eigenvalue weighted by molar-refractivity contribution is 7.99. The molecule has 0 radical (unpaired) electrons. The number of hydrogen-bond donors (Lipinski definition) is 0. The number of carbonyl (C=O) groups is 1. The van der Waals surface area contributed by atoms with Crippen molar-refractivity contribution in [1.82, 2.24) is 14.8 Å². The zero-order valence-electron chi connectivity index (χ0n) is 15.3. The maximum atomic E-state index is 11.7. The molecule has 2 heterocycles. The van der Waals surface area contributed by atoms with Gasteiger partial charge in [0, 0.05) is 5.75 Å². The summed E-state index contributed by atoms with van der Waals surface area (Å²) in [6.07, 6.45) is 1.16. The minimum Gasteiger partial charge on any atom is -0.495 e. The number of hydrogen-bond acceptors (Lipinski definition) is 7. The summed E-state index contributed by atoms with van der Waals surface area (Å²) >= 11 is 3.08. The van der Waals surface area contributed by atoms with E-state index in [9.17, 15) is 4.79 Å². The maximum absolute atomic E-state index is 11.7. The van der Waals surface area contributed by atoms with Gasteiger partial charge in [0.1, 0.15) is 5.75 Å². The van der Waals surface area contributed by atoms with Crippen molar-refractivity contribution in [1.29, 1.82) is 0 Å². The molecule has 0 bridgehead atoms. The lowest BCUT2D eigenvalue weighted by molar-refractivity contribution is -0.143. The summed E-state index contributed by atoms with van der Waals surface area (Å²) in [4.78, 5) is 12.8. The van der Waals surface area contributed by atoms with Gasteiger partial charge in [-0.15, -0.1) is 21.5 Å². The molecule has 0 saturated heterocycles. The van der Waals surface area contributed by atoms with Crippen LogP contribution in [-0.2, 0) is 9.53 Å². The monoisotopic (exact) mass is 403 g/mol. The quantitative estimate of drug-likeness (QED) is 0.389. The minimum atomic E-state index is -0.189. The van der Waals surface area contributed by atoms with E-state index < -0.39 is 0 Å². The zero-order chi connectivity index (χ0) is 19.1. The topological polar surface area (TPSA) is 66.2 Å². The van der Waals surface area contributed by atoms with Crippen molar-refractivity contribution in [3.8, 4) is 22.1 Å². The molecule has 3 rings (SSSR count). The third-order valence-electron chi connectivity index (χ3n) is 3.71. The number of thioether (sulfide) groups is 1. The molecule has 0 aliphatic rings. The highest BCUT2D eigenvalue weighted by Gasteiger charge is 2.19. The molecule has 27 heavy (non-hydrogen) atoms. The van der Waals surface area contributed by atoms with E-state index in [1.54, 1.807) is 18.4 Å². The van der Waals surface area contributed by atoms with E-state index >= 15 is 0 Å². The summed E-state index contributed by atoms with van der Waals surface area (Å²) < 4.78 is 12.6. The number of methoxy groups -OCH3 is 1. The van der Waals surface area contributed by atoms with Crippen LogP contribution in [0.25, 0.3) is 16.4 Å². The average molecular weight is 404 g/mol. The van der Waals surface area contributed by atoms with Crippen LogP contribution in [0.1, 0.15) is 19.8 Å². The van der Waals surface area contributed by atoms with Gasteiger partial charge >= 0.3 is 5.97 Å². The fourth-order valence-corrected chi connectivity index (χ4v) is 4.04. The van der Waals surface area contributed by atoms with Crippen LogP contribution in [0, 0.1) is 0 Å². The van der Waals surface area contributed by atoms with Crippen LogP contribution in [0.15, 0.2) is 46.9 Å². The minimum absolute atomic E-state index is 0.189. The summed E-state index contributed by atoms with van der Waals surface area (Å²) in [5.74, 6) is 1.87. The Labute approximate surface area is 166 Å². The van der Waals surface area contributed by atoms with E-state index in [2.05, 4.69) is 10.2 Å². The van der Waals surface area contributed by atoms with Gasteiger partial charge in [-0.3, -0.25) is 9.36 Å². The maximum Gasteiger partial charge on any atom is 0.306 e. The van der Waals surface area contributed by atoms with E-state index in [0.29, 0.717) is 23.9 Å². The molecule has 0 aliphatic carbocycles. The van der Waals surface area contributed by atoms with E-state index in [4.69, 9.17) is 9.47 Å². The van der Waals surface area contributed by atoms with Crippen molar-refractivity contribution in [3.05, 3.63) is 41.8 Å². The molecule has 3 aromatic rings. The van der Waals surface area contributed by atoms with E-state index in [-0.39, 0.29) is 5.97 Å². The Morgan fingerprint density at radius 2 is 2.07 bits per heavy atom. The van der Waals surface area contributed by atoms with Crippen LogP contribution in [-0.4, -0.2) is 40.2 Å². The Morgan fingerprint density at radius 1 is 1.22 bits per heavy atom. The van der Waals surface area contributed by atoms with Gasteiger partial charge in [0.25, 0.3) is 0 Å². The summed E-state index contributed by atoms with van der Waals surface area (Å²) in [6, 6.07) is 11.7. The Morgan fingerprint density at radius 3 is 2.81 bits per heavy atom. The molecule has 0 atom stereocenters. The molecule has 8 heteroatoms. The fraction of sp³-hybridized carbons (Fsp3) is 0.316. The van der Waals surface area contributed by atoms with Gasteiger partial charge in [-0.1, -0.05) is 36.9 Å². The predicted molar refractivity (Wildman–Crippen MR) is 108 cm³/mol. The summed E-state index contributed by atoms with van der Waals surface area (Å²) in [6.45, 7) is 2.44. The largest absolute Gasteiger partial charge is 0.495 e. The van der Waals surface area contributed by atoms with Crippen LogP contribution in [0.3, 0.4) is 0 Å². The van der Waals surface area contributed by atoms with Crippen LogP contribution in [0.4, 0.5) is 0 Å². The molecule has 0 aliphatic heterocycles. The Balaban J connectivity index is 1.87. The van der Waals surface area contributed by atoms with Crippen LogP contribution < -0.4 is 4.74 Å². The lowest BCUT2D eigenvalue weighted by Gasteiger charge is -2.13. The number of aromatic nitrogens is 3. The van der Waals surface area contributed by atoms with Crippen molar-refractivity contribution in [2.45, 2.75) is 24.9 Å². The molecule has 142 valence electrons. The second kappa shape index (κ2) is 9.57. The number of rotatable bonds is 9. The number of nitrogens with zero attached hydrogens (tertiary/aromatic N) is 3. The first-order valence-electron chi connectivity index (χ1n) is 8.65. The predicted octanol–water partition coefficient (Wildman–Crippen LogP) is 4.44. The fourth-order valence-electron chi connectivity index (χ4n) is 2.47. The molecule has 0 unspecified atom stereocenters. The van der Waals surface area contributed by atoms with Gasteiger partial charge in [0.15, 0.2) is 11.0 Å². The smallest absolute Gasteiger partial charge is 0.306 e. The number of benzene rings is 1. The summed E-state index contributed by atoms with van der Waals surface area (Å²) in [5.41, 5.74) is 0.865. The second-order valence-electron chi connectivity index (χ2n) is 5.61. The first-order chi connectivity index (χ1) is 13.2. The van der Waals surface area contributed by atoms with E-state index in [1.165, 1.54) is 11.8 Å². The molecular weight excluding hydrogens is 382 g/mol. The van der Waals surface area contributed by atoms with Crippen molar-refractivity contribution in [3.63, 3.8) is 0 Å². The zero-order valence-corrected chi connectivity index (χ0v) is 16.9. The highest BCUT2D eigenvalue weighted by Crippen LogP contribution is 2.34. The lowest BCUT2D eigenvalue weighted by atomic mass is 10.3. The number of para-hydroxylation sites is 2. The second-order valence-corrected chi connectivity index (χ2v) is 7.62. The molecule has 0 N–H and O–H groups in total. The van der Waals surface area contributed by atoms with Gasteiger partial charge in [0.05, 0.1) is 30.7 Å². The van der Waals surface area contributed by atoms with Crippen LogP contribution >= 0.6 is 23.1 Å². The molecule has 0 saturated carbocycles. The van der Waals surface area contributed by atoms with E-state index in [1.807, 2.05) is 53.3 Å². The molecule has 1 aromatic carbocycles. The van der Waals surface area contributed by atoms with Crippen molar-refractivity contribution in [2.24, 2.45) is 0 Å². The number of esters is 1. The molecular formula is C19H21N3O3S2. The summed E-state index contributed by atoms with van der Waals surface area (Å²) in [7, 11) is 1.64. The third kappa shape index (κ3) is 4.70. The molecule has 0 amide bonds. The summed E-state index contributed by atoms with van der Waals surface area (Å²) in [5, 5.41) is 11.5. The number of thiophene rings is 1. The lowest BCUT2D eigenvalue weighted by Crippen LogP contribution is -2.07. The first kappa shape index (κ1) is 19.4. The standard InChI is InChI=1S/C19H21N3O3S2/c1-3-11-25-17(23)10-13-27-19-21-20-18(16-9-6-12-26-16)22(19)14-7-4-5-8-15(14)24-2/h4-9,12H,3,10-11,13H2,1-2H3. The van der Waals surface area contributed by atoms with Gasteiger partial charge in [0.2, 0.25) is 0 Å². The van der Waals surface area contributed by atoms with Crippen molar-refractivity contribution < 1.29 is 14.3 Å². The highest BCUT2D eigenvalue weighted by atomic mass is 32.2. The third-order valence-corrected chi connectivity index (χ3v) is 5.50. The van der Waals surface area contributed by atoms with Crippen LogP contribution in [0.5, 0.6) is 5.75 Å². The Bertz CT molecular complexity index is 878. The number of ether oxygens (including phenoxy) is 2. The molecule has 0 fully saturated rings.